The van der Waals surface area contributed by atoms with Gasteiger partial charge >= 0.3 is 0 Å². The number of hydrogen-bond acceptors (Lipinski definition) is 4. The molecule has 0 bridgehead atoms. The summed E-state index contributed by atoms with van der Waals surface area (Å²) in [6, 6.07) is 11.0. The first kappa shape index (κ1) is 25.0. The van der Waals surface area contributed by atoms with Crippen LogP contribution in [0.5, 0.6) is 0 Å². The third-order valence-corrected chi connectivity index (χ3v) is 7.48. The van der Waals surface area contributed by atoms with Gasteiger partial charge in [0.05, 0.1) is 0 Å². The molecule has 1 aliphatic heterocycles. The normalized spacial score (nSPS) is 20.9. The number of hydrogen-bond donors (Lipinski definition) is 1. The van der Waals surface area contributed by atoms with Gasteiger partial charge in [-0.1, -0.05) is 44.2 Å². The number of benzene rings is 2. The summed E-state index contributed by atoms with van der Waals surface area (Å²) in [5.74, 6) is -0.827. The molecule has 1 N–H and O–H groups in total. The van der Waals surface area contributed by atoms with Crippen LogP contribution in [0.15, 0.2) is 52.9 Å². The van der Waals surface area contributed by atoms with Gasteiger partial charge < -0.3 is 19.5 Å². The van der Waals surface area contributed by atoms with E-state index in [4.69, 9.17) is 4.42 Å². The molecular weight excluding hydrogens is 473 g/mol. The molecule has 194 valence electrons. The molecule has 2 aliphatic rings. The maximum absolute atomic E-state index is 14.3. The zero-order chi connectivity index (χ0) is 26.4. The van der Waals surface area contributed by atoms with Crippen LogP contribution in [0.4, 0.5) is 4.39 Å². The van der Waals surface area contributed by atoms with E-state index in [9.17, 15) is 18.8 Å². The Labute approximate surface area is 215 Å². The van der Waals surface area contributed by atoms with Gasteiger partial charge in [0, 0.05) is 25.5 Å². The quantitative estimate of drug-likeness (QED) is 0.552. The lowest BCUT2D eigenvalue weighted by Crippen LogP contribution is -2.67. The standard InChI is InChI=1S/C29H32FN3O4/c1-16(2)11-22-27(34)31-25(21-12-17-7-5-6-8-18(17)13-21)28(35)33(22)26(29(36)32(3)4)19-9-10-23-20(14-19)15-24(30)37-23/h5-10,14-16,21-22,25-26H,11-13H2,1-4H3,(H,31,34)/t22-,25-,26-/m1/s1. The van der Waals surface area contributed by atoms with Crippen molar-refractivity contribution in [2.45, 2.75) is 51.2 Å². The molecule has 8 heteroatoms. The molecule has 0 radical (unpaired) electrons. The molecule has 0 saturated carbocycles. The van der Waals surface area contributed by atoms with Gasteiger partial charge in [-0.15, -0.1) is 0 Å². The Kier molecular flexibility index (Phi) is 6.52. The van der Waals surface area contributed by atoms with E-state index in [2.05, 4.69) is 17.4 Å². The van der Waals surface area contributed by atoms with Gasteiger partial charge in [0.2, 0.25) is 17.7 Å². The van der Waals surface area contributed by atoms with Crippen LogP contribution in [0.3, 0.4) is 0 Å². The molecule has 2 aromatic carbocycles. The fourth-order valence-electron chi connectivity index (χ4n) is 5.74. The van der Waals surface area contributed by atoms with E-state index in [1.54, 1.807) is 32.3 Å². The van der Waals surface area contributed by atoms with Crippen molar-refractivity contribution in [3.8, 4) is 0 Å². The molecule has 5 rings (SSSR count). The van der Waals surface area contributed by atoms with Crippen molar-refractivity contribution < 1.29 is 23.2 Å². The fourth-order valence-corrected chi connectivity index (χ4v) is 5.74. The predicted molar refractivity (Wildman–Crippen MR) is 137 cm³/mol. The smallest absolute Gasteiger partial charge is 0.278 e. The fraction of sp³-hybridized carbons (Fsp3) is 0.414. The summed E-state index contributed by atoms with van der Waals surface area (Å²) in [5, 5.41) is 3.51. The van der Waals surface area contributed by atoms with Gasteiger partial charge in [-0.25, -0.2) is 0 Å². The Bertz CT molecular complexity index is 1340. The van der Waals surface area contributed by atoms with Crippen molar-refractivity contribution in [2.75, 3.05) is 14.1 Å². The van der Waals surface area contributed by atoms with E-state index in [-0.39, 0.29) is 29.6 Å². The summed E-state index contributed by atoms with van der Waals surface area (Å²) >= 11 is 0. The SMILES string of the molecule is CC(C)C[C@@H]1C(=O)N[C@H](C2Cc3ccccc3C2)C(=O)N1[C@@H](C(=O)N(C)C)c1ccc2oc(F)cc2c1. The number of carbonyl (C=O) groups excluding carboxylic acids is 3. The molecule has 1 fully saturated rings. The van der Waals surface area contributed by atoms with Crippen LogP contribution in [0.2, 0.25) is 0 Å². The average molecular weight is 506 g/mol. The lowest BCUT2D eigenvalue weighted by Gasteiger charge is -2.45. The molecule has 37 heavy (non-hydrogen) atoms. The number of nitrogens with zero attached hydrogens (tertiary/aromatic N) is 2. The lowest BCUT2D eigenvalue weighted by atomic mass is 9.87. The molecule has 3 aromatic rings. The highest BCUT2D eigenvalue weighted by molar-refractivity contribution is 6.00. The number of amides is 3. The highest BCUT2D eigenvalue weighted by Crippen LogP contribution is 2.36. The third-order valence-electron chi connectivity index (χ3n) is 7.48. The third kappa shape index (κ3) is 4.61. The Hall–Kier alpha value is -3.68. The number of nitrogens with one attached hydrogen (secondary N) is 1. The van der Waals surface area contributed by atoms with E-state index in [1.165, 1.54) is 27.0 Å². The molecule has 1 saturated heterocycles. The van der Waals surface area contributed by atoms with Gasteiger partial charge in [0.25, 0.3) is 6.01 Å². The zero-order valence-electron chi connectivity index (χ0n) is 21.5. The van der Waals surface area contributed by atoms with Crippen LogP contribution in [0, 0.1) is 17.8 Å². The lowest BCUT2D eigenvalue weighted by molar-refractivity contribution is -0.159. The summed E-state index contributed by atoms with van der Waals surface area (Å²) in [6.07, 6.45) is 1.78. The van der Waals surface area contributed by atoms with Crippen LogP contribution in [-0.4, -0.2) is 53.7 Å². The van der Waals surface area contributed by atoms with E-state index < -0.39 is 24.1 Å². The molecule has 0 unspecified atom stereocenters. The zero-order valence-corrected chi connectivity index (χ0v) is 21.5. The molecule has 2 heterocycles. The van der Waals surface area contributed by atoms with Crippen molar-refractivity contribution in [3.63, 3.8) is 0 Å². The van der Waals surface area contributed by atoms with Crippen molar-refractivity contribution in [1.29, 1.82) is 0 Å². The second kappa shape index (κ2) is 9.65. The van der Waals surface area contributed by atoms with E-state index in [0.717, 1.165) is 0 Å². The van der Waals surface area contributed by atoms with Crippen LogP contribution >= 0.6 is 0 Å². The second-order valence-corrected chi connectivity index (χ2v) is 10.8. The second-order valence-electron chi connectivity index (χ2n) is 10.8. The van der Waals surface area contributed by atoms with Crippen molar-refractivity contribution in [1.82, 2.24) is 15.1 Å². The maximum Gasteiger partial charge on any atom is 0.278 e. The number of piperazine rings is 1. The minimum absolute atomic E-state index is 0.100. The summed E-state index contributed by atoms with van der Waals surface area (Å²) in [4.78, 5) is 44.4. The van der Waals surface area contributed by atoms with Gasteiger partial charge in [-0.2, -0.15) is 4.39 Å². The topological polar surface area (TPSA) is 82.9 Å². The Balaban J connectivity index is 1.58. The van der Waals surface area contributed by atoms with Gasteiger partial charge in [0.1, 0.15) is 23.7 Å². The average Bonchev–Trinajstić information content (AvgIpc) is 3.44. The first-order valence-corrected chi connectivity index (χ1v) is 12.7. The molecule has 1 aliphatic carbocycles. The van der Waals surface area contributed by atoms with Crippen molar-refractivity contribution in [2.24, 2.45) is 11.8 Å². The van der Waals surface area contributed by atoms with Gasteiger partial charge in [-0.3, -0.25) is 14.4 Å². The molecule has 0 spiro atoms. The van der Waals surface area contributed by atoms with E-state index in [0.29, 0.717) is 35.8 Å². The van der Waals surface area contributed by atoms with Crippen molar-refractivity contribution in [3.05, 3.63) is 71.2 Å². The van der Waals surface area contributed by atoms with E-state index >= 15 is 0 Å². The molecular formula is C29H32FN3O4. The largest absolute Gasteiger partial charge is 0.431 e. The number of halogens is 1. The first-order valence-electron chi connectivity index (χ1n) is 12.7. The Morgan fingerprint density at radius 1 is 1.11 bits per heavy atom. The van der Waals surface area contributed by atoms with Crippen LogP contribution < -0.4 is 5.32 Å². The van der Waals surface area contributed by atoms with Gasteiger partial charge in [0.15, 0.2) is 0 Å². The predicted octanol–water partition coefficient (Wildman–Crippen LogP) is 3.86. The maximum atomic E-state index is 14.3. The van der Waals surface area contributed by atoms with Crippen molar-refractivity contribution >= 4 is 28.7 Å². The number of rotatable bonds is 6. The monoisotopic (exact) mass is 505 g/mol. The minimum Gasteiger partial charge on any atom is -0.431 e. The minimum atomic E-state index is -1.04. The van der Waals surface area contributed by atoms with Crippen LogP contribution in [-0.2, 0) is 27.2 Å². The number of likely N-dealkylation sites (N-methyl/N-ethyl adjacent to an activating group) is 1. The van der Waals surface area contributed by atoms with Crippen LogP contribution in [0.25, 0.3) is 11.0 Å². The highest BCUT2D eigenvalue weighted by atomic mass is 19.1. The molecule has 3 amide bonds. The van der Waals surface area contributed by atoms with E-state index in [1.807, 2.05) is 26.0 Å². The summed E-state index contributed by atoms with van der Waals surface area (Å²) in [6.45, 7) is 3.97. The Morgan fingerprint density at radius 2 is 1.78 bits per heavy atom. The Morgan fingerprint density at radius 3 is 2.41 bits per heavy atom. The first-order chi connectivity index (χ1) is 17.6. The number of carbonyl (C=O) groups is 3. The number of fused-ring (bicyclic) bond motifs is 2. The highest BCUT2D eigenvalue weighted by Gasteiger charge is 2.49. The van der Waals surface area contributed by atoms with Gasteiger partial charge in [-0.05, 0) is 59.9 Å². The summed E-state index contributed by atoms with van der Waals surface area (Å²) in [5.41, 5.74) is 3.22. The summed E-state index contributed by atoms with van der Waals surface area (Å²) in [7, 11) is 3.25. The molecule has 3 atom stereocenters. The molecule has 7 nitrogen and oxygen atoms in total. The van der Waals surface area contributed by atoms with Crippen LogP contribution in [0.1, 0.15) is 43.0 Å². The summed E-state index contributed by atoms with van der Waals surface area (Å²) < 4.78 is 18.9. The number of furan rings is 1. The molecule has 1 aromatic heterocycles.